The molecular weight excluding hydrogens is 348 g/mol. The zero-order chi connectivity index (χ0) is 18.2. The monoisotopic (exact) mass is 364 g/mol. The number of hydrogen-bond acceptors (Lipinski definition) is 7. The van der Waals surface area contributed by atoms with Gasteiger partial charge in [-0.2, -0.15) is 0 Å². The summed E-state index contributed by atoms with van der Waals surface area (Å²) < 4.78 is 33.8. The number of sulfone groups is 1. The van der Waals surface area contributed by atoms with E-state index in [4.69, 9.17) is 9.47 Å². The van der Waals surface area contributed by atoms with Gasteiger partial charge in [-0.15, -0.1) is 0 Å². The van der Waals surface area contributed by atoms with Crippen LogP contribution in [0.15, 0.2) is 41.3 Å². The van der Waals surface area contributed by atoms with Crippen molar-refractivity contribution in [2.45, 2.75) is 17.9 Å². The first-order valence-electron chi connectivity index (χ1n) is 7.40. The SMILES string of the molecule is C[C@H](Nc1ccc(S(C)(=O)=O)cc1[N+](=O)[O-])c1ccc2c(c1)OCO2. The van der Waals surface area contributed by atoms with Crippen LogP contribution in [0.25, 0.3) is 0 Å². The van der Waals surface area contributed by atoms with Crippen molar-refractivity contribution in [3.63, 3.8) is 0 Å². The van der Waals surface area contributed by atoms with Crippen LogP contribution in [-0.2, 0) is 9.84 Å². The van der Waals surface area contributed by atoms with Crippen molar-refractivity contribution in [1.29, 1.82) is 0 Å². The first-order valence-corrected chi connectivity index (χ1v) is 9.29. The van der Waals surface area contributed by atoms with Gasteiger partial charge < -0.3 is 14.8 Å². The molecular formula is C16H16N2O6S. The van der Waals surface area contributed by atoms with Gasteiger partial charge in [0.15, 0.2) is 21.3 Å². The molecule has 3 rings (SSSR count). The second kappa shape index (κ2) is 6.25. The zero-order valence-electron chi connectivity index (χ0n) is 13.6. The fourth-order valence-corrected chi connectivity index (χ4v) is 3.16. The molecule has 1 aliphatic rings. The van der Waals surface area contributed by atoms with Crippen molar-refractivity contribution >= 4 is 21.2 Å². The van der Waals surface area contributed by atoms with Crippen molar-refractivity contribution < 1.29 is 22.8 Å². The Bertz CT molecular complexity index is 942. The number of nitro groups is 1. The number of benzene rings is 2. The Hall–Kier alpha value is -2.81. The maximum Gasteiger partial charge on any atom is 0.293 e. The first kappa shape index (κ1) is 17.0. The van der Waals surface area contributed by atoms with E-state index in [0.29, 0.717) is 11.5 Å². The summed E-state index contributed by atoms with van der Waals surface area (Å²) in [6.45, 7) is 2.00. The Labute approximate surface area is 144 Å². The molecule has 0 bridgehead atoms. The Morgan fingerprint density at radius 3 is 2.56 bits per heavy atom. The van der Waals surface area contributed by atoms with Crippen molar-refractivity contribution in [3.05, 3.63) is 52.1 Å². The summed E-state index contributed by atoms with van der Waals surface area (Å²) in [7, 11) is -3.53. The molecule has 132 valence electrons. The molecule has 0 spiro atoms. The number of anilines is 1. The molecule has 25 heavy (non-hydrogen) atoms. The minimum absolute atomic E-state index is 0.0968. The van der Waals surface area contributed by atoms with Crippen molar-refractivity contribution in [3.8, 4) is 11.5 Å². The summed E-state index contributed by atoms with van der Waals surface area (Å²) in [6.07, 6.45) is 1.01. The maximum absolute atomic E-state index is 11.6. The van der Waals surface area contributed by atoms with Crippen molar-refractivity contribution in [1.82, 2.24) is 0 Å². The highest BCUT2D eigenvalue weighted by Gasteiger charge is 2.21. The molecule has 9 heteroatoms. The van der Waals surface area contributed by atoms with E-state index in [1.807, 2.05) is 13.0 Å². The number of nitrogens with one attached hydrogen (secondary N) is 1. The zero-order valence-corrected chi connectivity index (χ0v) is 14.4. The second-order valence-corrected chi connectivity index (χ2v) is 7.70. The minimum Gasteiger partial charge on any atom is -0.454 e. The van der Waals surface area contributed by atoms with E-state index in [1.54, 1.807) is 12.1 Å². The molecule has 0 unspecified atom stereocenters. The van der Waals surface area contributed by atoms with E-state index in [1.165, 1.54) is 12.1 Å². The highest BCUT2D eigenvalue weighted by atomic mass is 32.2. The lowest BCUT2D eigenvalue weighted by Gasteiger charge is -2.16. The van der Waals surface area contributed by atoms with Gasteiger partial charge in [0.05, 0.1) is 9.82 Å². The highest BCUT2D eigenvalue weighted by molar-refractivity contribution is 7.90. The third kappa shape index (κ3) is 3.50. The molecule has 0 amide bonds. The van der Waals surface area contributed by atoms with Gasteiger partial charge in [-0.1, -0.05) is 6.07 Å². The first-order chi connectivity index (χ1) is 11.8. The highest BCUT2D eigenvalue weighted by Crippen LogP contribution is 2.36. The standard InChI is InChI=1S/C16H16N2O6S/c1-10(11-3-6-15-16(7-11)24-9-23-15)17-13-5-4-12(25(2,21)22)8-14(13)18(19)20/h3-8,10,17H,9H2,1-2H3/t10-/m0/s1. The molecule has 2 aromatic rings. The number of nitro benzene ring substituents is 1. The second-order valence-electron chi connectivity index (χ2n) is 5.69. The van der Waals surface area contributed by atoms with Gasteiger partial charge in [-0.3, -0.25) is 10.1 Å². The number of fused-ring (bicyclic) bond motifs is 1. The quantitative estimate of drug-likeness (QED) is 0.642. The number of ether oxygens (including phenoxy) is 2. The average molecular weight is 364 g/mol. The lowest BCUT2D eigenvalue weighted by atomic mass is 10.1. The molecule has 1 heterocycles. The van der Waals surface area contributed by atoms with Gasteiger partial charge in [-0.05, 0) is 36.8 Å². The Morgan fingerprint density at radius 2 is 1.88 bits per heavy atom. The third-order valence-corrected chi connectivity index (χ3v) is 4.97. The normalized spacial score (nSPS) is 14.2. The summed E-state index contributed by atoms with van der Waals surface area (Å²) in [5.74, 6) is 1.27. The van der Waals surface area contributed by atoms with E-state index >= 15 is 0 Å². The molecule has 8 nitrogen and oxygen atoms in total. The molecule has 0 radical (unpaired) electrons. The molecule has 1 atom stereocenters. The molecule has 1 N–H and O–H groups in total. The van der Waals surface area contributed by atoms with Crippen molar-refractivity contribution in [2.75, 3.05) is 18.4 Å². The lowest BCUT2D eigenvalue weighted by Crippen LogP contribution is -2.09. The van der Waals surface area contributed by atoms with Crippen LogP contribution in [0.5, 0.6) is 11.5 Å². The molecule has 0 saturated carbocycles. The third-order valence-electron chi connectivity index (χ3n) is 3.86. The van der Waals surface area contributed by atoms with Gasteiger partial charge >= 0.3 is 0 Å². The number of nitrogens with zero attached hydrogens (tertiary/aromatic N) is 1. The van der Waals surface area contributed by atoms with Crippen molar-refractivity contribution in [2.24, 2.45) is 0 Å². The lowest BCUT2D eigenvalue weighted by molar-refractivity contribution is -0.384. The van der Waals surface area contributed by atoms with Gasteiger partial charge in [0.1, 0.15) is 5.69 Å². The molecule has 0 aromatic heterocycles. The average Bonchev–Trinajstić information content (AvgIpc) is 3.01. The van der Waals surface area contributed by atoms with Gasteiger partial charge in [0.2, 0.25) is 6.79 Å². The van der Waals surface area contributed by atoms with Gasteiger partial charge in [0.25, 0.3) is 5.69 Å². The Morgan fingerprint density at radius 1 is 1.16 bits per heavy atom. The minimum atomic E-state index is -3.53. The van der Waals surface area contributed by atoms with E-state index in [0.717, 1.165) is 17.9 Å². The molecule has 0 aliphatic carbocycles. The van der Waals surface area contributed by atoms with E-state index in [2.05, 4.69) is 5.32 Å². The maximum atomic E-state index is 11.6. The van der Waals surface area contributed by atoms with Crippen LogP contribution in [0.2, 0.25) is 0 Å². The predicted molar refractivity (Wildman–Crippen MR) is 90.8 cm³/mol. The summed E-state index contributed by atoms with van der Waals surface area (Å²) in [5, 5.41) is 14.4. The van der Waals surface area contributed by atoms with Gasteiger partial charge in [0, 0.05) is 18.4 Å². The summed E-state index contributed by atoms with van der Waals surface area (Å²) in [4.78, 5) is 10.6. The van der Waals surface area contributed by atoms with Crippen LogP contribution in [-0.4, -0.2) is 26.4 Å². The van der Waals surface area contributed by atoms with Crippen LogP contribution in [0, 0.1) is 10.1 Å². The topological polar surface area (TPSA) is 108 Å². The fourth-order valence-electron chi connectivity index (χ4n) is 2.51. The van der Waals surface area contributed by atoms with Crippen LogP contribution in [0.1, 0.15) is 18.5 Å². The summed E-state index contributed by atoms with van der Waals surface area (Å²) >= 11 is 0. The number of hydrogen-bond donors (Lipinski definition) is 1. The summed E-state index contributed by atoms with van der Waals surface area (Å²) in [6, 6.07) is 8.95. The van der Waals surface area contributed by atoms with E-state index in [-0.39, 0.29) is 29.1 Å². The Kier molecular flexibility index (Phi) is 4.25. The fraction of sp³-hybridized carbons (Fsp3) is 0.250. The van der Waals surface area contributed by atoms with Crippen LogP contribution in [0.4, 0.5) is 11.4 Å². The molecule has 0 fully saturated rings. The largest absolute Gasteiger partial charge is 0.454 e. The van der Waals surface area contributed by atoms with Crippen LogP contribution < -0.4 is 14.8 Å². The van der Waals surface area contributed by atoms with E-state index in [9.17, 15) is 18.5 Å². The Balaban J connectivity index is 1.90. The van der Waals surface area contributed by atoms with E-state index < -0.39 is 14.8 Å². The predicted octanol–water partition coefficient (Wildman–Crippen LogP) is 2.90. The van der Waals surface area contributed by atoms with Crippen LogP contribution in [0.3, 0.4) is 0 Å². The molecule has 1 aliphatic heterocycles. The smallest absolute Gasteiger partial charge is 0.293 e. The number of rotatable bonds is 5. The molecule has 0 saturated heterocycles. The summed E-state index contributed by atoms with van der Waals surface area (Å²) in [5.41, 5.74) is 0.795. The van der Waals surface area contributed by atoms with Gasteiger partial charge in [-0.25, -0.2) is 8.42 Å². The van der Waals surface area contributed by atoms with Crippen LogP contribution >= 0.6 is 0 Å². The molecule has 2 aromatic carbocycles.